The molecule has 0 aromatic heterocycles. The standard InChI is InChI=1S/C34H31F5O/c1-2-3-4-5-6-7-24-8-10-25(11-9-24)12-13-26-15-20-30-29(22-26)19-18-28(33(30)36)17-14-27-16-21-32(31(35)23-27)40-34(37,38)39/h8-11,15-16,18-23H,2-7,14,17H2,1H3. The first-order valence-corrected chi connectivity index (χ1v) is 13.6. The quantitative estimate of drug-likeness (QED) is 0.109. The molecule has 0 aliphatic carbocycles. The van der Waals surface area contributed by atoms with Crippen LogP contribution in [0, 0.1) is 23.5 Å². The molecule has 0 saturated heterocycles. The normalized spacial score (nSPS) is 11.3. The van der Waals surface area contributed by atoms with Gasteiger partial charge in [0.15, 0.2) is 11.6 Å². The lowest BCUT2D eigenvalue weighted by Crippen LogP contribution is -2.18. The van der Waals surface area contributed by atoms with Gasteiger partial charge >= 0.3 is 6.36 Å². The summed E-state index contributed by atoms with van der Waals surface area (Å²) in [5.41, 5.74) is 3.89. The van der Waals surface area contributed by atoms with Gasteiger partial charge in [-0.05, 0) is 84.2 Å². The van der Waals surface area contributed by atoms with E-state index in [4.69, 9.17) is 0 Å². The second kappa shape index (κ2) is 13.5. The topological polar surface area (TPSA) is 9.23 Å². The first-order chi connectivity index (χ1) is 19.2. The predicted molar refractivity (Wildman–Crippen MR) is 149 cm³/mol. The number of aryl methyl sites for hydroxylation is 3. The van der Waals surface area contributed by atoms with Crippen molar-refractivity contribution >= 4 is 10.8 Å². The third-order valence-corrected chi connectivity index (χ3v) is 6.81. The number of unbranched alkanes of at least 4 members (excludes halogenated alkanes) is 4. The van der Waals surface area contributed by atoms with E-state index in [1.165, 1.54) is 43.7 Å². The van der Waals surface area contributed by atoms with Crippen molar-refractivity contribution in [2.24, 2.45) is 0 Å². The fourth-order valence-corrected chi connectivity index (χ4v) is 4.63. The van der Waals surface area contributed by atoms with Crippen molar-refractivity contribution < 1.29 is 26.7 Å². The van der Waals surface area contributed by atoms with Crippen LogP contribution < -0.4 is 4.74 Å². The van der Waals surface area contributed by atoms with Crippen molar-refractivity contribution in [2.45, 2.75) is 64.7 Å². The first-order valence-electron chi connectivity index (χ1n) is 13.6. The maximum atomic E-state index is 15.2. The number of rotatable bonds is 10. The lowest BCUT2D eigenvalue weighted by atomic mass is 9.99. The highest BCUT2D eigenvalue weighted by Crippen LogP contribution is 2.27. The van der Waals surface area contributed by atoms with Crippen LogP contribution in [0.2, 0.25) is 0 Å². The van der Waals surface area contributed by atoms with Crippen molar-refractivity contribution in [2.75, 3.05) is 0 Å². The van der Waals surface area contributed by atoms with E-state index in [1.54, 1.807) is 18.2 Å². The molecule has 0 atom stereocenters. The molecule has 208 valence electrons. The number of halogens is 5. The molecule has 0 heterocycles. The van der Waals surface area contributed by atoms with E-state index in [2.05, 4.69) is 35.6 Å². The average molecular weight is 551 g/mol. The van der Waals surface area contributed by atoms with Gasteiger partial charge < -0.3 is 4.74 Å². The molecule has 0 fully saturated rings. The molecule has 0 bridgehead atoms. The van der Waals surface area contributed by atoms with E-state index in [9.17, 15) is 17.6 Å². The number of hydrogen-bond acceptors (Lipinski definition) is 1. The first kappa shape index (κ1) is 29.1. The summed E-state index contributed by atoms with van der Waals surface area (Å²) >= 11 is 0. The Labute approximate surface area is 232 Å². The van der Waals surface area contributed by atoms with Gasteiger partial charge in [0.25, 0.3) is 0 Å². The van der Waals surface area contributed by atoms with Crippen molar-refractivity contribution in [3.8, 4) is 17.6 Å². The Morgan fingerprint density at radius 2 is 1.38 bits per heavy atom. The maximum Gasteiger partial charge on any atom is 0.573 e. The number of alkyl halides is 3. The van der Waals surface area contributed by atoms with Crippen LogP contribution in [0.4, 0.5) is 22.0 Å². The molecule has 0 saturated carbocycles. The molecule has 4 rings (SSSR count). The van der Waals surface area contributed by atoms with Gasteiger partial charge in [-0.3, -0.25) is 0 Å². The molecule has 0 spiro atoms. The highest BCUT2D eigenvalue weighted by atomic mass is 19.4. The summed E-state index contributed by atoms with van der Waals surface area (Å²) in [7, 11) is 0. The molecule has 40 heavy (non-hydrogen) atoms. The largest absolute Gasteiger partial charge is 0.573 e. The Morgan fingerprint density at radius 1 is 0.675 bits per heavy atom. The molecule has 4 aromatic carbocycles. The van der Waals surface area contributed by atoms with Gasteiger partial charge in [0, 0.05) is 16.5 Å². The van der Waals surface area contributed by atoms with Crippen LogP contribution in [-0.2, 0) is 19.3 Å². The monoisotopic (exact) mass is 550 g/mol. The van der Waals surface area contributed by atoms with Crippen molar-refractivity contribution in [1.82, 2.24) is 0 Å². The second-order valence-electron chi connectivity index (χ2n) is 9.90. The number of hydrogen-bond donors (Lipinski definition) is 0. The molecule has 0 aliphatic heterocycles. The molecule has 0 unspecified atom stereocenters. The smallest absolute Gasteiger partial charge is 0.403 e. The zero-order chi connectivity index (χ0) is 28.5. The fourth-order valence-electron chi connectivity index (χ4n) is 4.63. The Morgan fingerprint density at radius 3 is 2.10 bits per heavy atom. The summed E-state index contributed by atoms with van der Waals surface area (Å²) in [6, 6.07) is 20.4. The predicted octanol–water partition coefficient (Wildman–Crippen LogP) is 9.71. The molecule has 0 amide bonds. The molecule has 0 N–H and O–H groups in total. The van der Waals surface area contributed by atoms with Gasteiger partial charge in [0.1, 0.15) is 5.82 Å². The molecule has 4 aromatic rings. The van der Waals surface area contributed by atoms with E-state index >= 15 is 4.39 Å². The van der Waals surface area contributed by atoms with Gasteiger partial charge in [-0.2, -0.15) is 0 Å². The summed E-state index contributed by atoms with van der Waals surface area (Å²) in [4.78, 5) is 0. The number of fused-ring (bicyclic) bond motifs is 1. The van der Waals surface area contributed by atoms with Crippen molar-refractivity contribution in [1.29, 1.82) is 0 Å². The van der Waals surface area contributed by atoms with Gasteiger partial charge in [0.05, 0.1) is 0 Å². The van der Waals surface area contributed by atoms with Gasteiger partial charge in [0.2, 0.25) is 0 Å². The van der Waals surface area contributed by atoms with Crippen LogP contribution in [0.25, 0.3) is 10.8 Å². The molecule has 0 radical (unpaired) electrons. The Bertz CT molecular complexity index is 1490. The minimum Gasteiger partial charge on any atom is -0.403 e. The molecular formula is C34H31F5O. The molecule has 0 aliphatic rings. The van der Waals surface area contributed by atoms with E-state index < -0.39 is 17.9 Å². The van der Waals surface area contributed by atoms with Crippen LogP contribution >= 0.6 is 0 Å². The van der Waals surface area contributed by atoms with Crippen LogP contribution in [0.1, 0.15) is 66.8 Å². The van der Waals surface area contributed by atoms with Crippen molar-refractivity contribution in [3.05, 3.63) is 112 Å². The van der Waals surface area contributed by atoms with E-state index in [0.29, 0.717) is 21.9 Å². The van der Waals surface area contributed by atoms with E-state index in [-0.39, 0.29) is 18.7 Å². The lowest BCUT2D eigenvalue weighted by molar-refractivity contribution is -0.275. The highest BCUT2D eigenvalue weighted by Gasteiger charge is 2.32. The van der Waals surface area contributed by atoms with Gasteiger partial charge in [-0.15, -0.1) is 13.2 Å². The number of ether oxygens (including phenoxy) is 1. The Balaban J connectivity index is 1.38. The van der Waals surface area contributed by atoms with Crippen LogP contribution in [0.5, 0.6) is 5.75 Å². The fraction of sp³-hybridized carbons (Fsp3) is 0.294. The summed E-state index contributed by atoms with van der Waals surface area (Å²) in [5.74, 6) is 3.95. The summed E-state index contributed by atoms with van der Waals surface area (Å²) in [5, 5.41) is 1.16. The minimum atomic E-state index is -4.97. The molecular weight excluding hydrogens is 519 g/mol. The van der Waals surface area contributed by atoms with Crippen molar-refractivity contribution in [3.63, 3.8) is 0 Å². The maximum absolute atomic E-state index is 15.2. The molecule has 1 nitrogen and oxygen atoms in total. The van der Waals surface area contributed by atoms with E-state index in [1.807, 2.05) is 24.3 Å². The van der Waals surface area contributed by atoms with Gasteiger partial charge in [-0.1, -0.05) is 80.8 Å². The summed E-state index contributed by atoms with van der Waals surface area (Å²) in [6.45, 7) is 2.22. The summed E-state index contributed by atoms with van der Waals surface area (Å²) < 4.78 is 69.9. The Hall–Kier alpha value is -3.85. The third-order valence-electron chi connectivity index (χ3n) is 6.81. The number of benzene rings is 4. The zero-order valence-corrected chi connectivity index (χ0v) is 22.4. The average Bonchev–Trinajstić information content (AvgIpc) is 2.93. The van der Waals surface area contributed by atoms with Crippen LogP contribution in [-0.4, -0.2) is 6.36 Å². The van der Waals surface area contributed by atoms with Gasteiger partial charge in [-0.25, -0.2) is 8.78 Å². The summed E-state index contributed by atoms with van der Waals surface area (Å²) in [6.07, 6.45) is 2.92. The highest BCUT2D eigenvalue weighted by molar-refractivity contribution is 5.85. The van der Waals surface area contributed by atoms with Crippen LogP contribution in [0.3, 0.4) is 0 Å². The second-order valence-corrected chi connectivity index (χ2v) is 9.90. The minimum absolute atomic E-state index is 0.257. The lowest BCUT2D eigenvalue weighted by Gasteiger charge is -2.11. The SMILES string of the molecule is CCCCCCCc1ccc(C#Cc2ccc3c(F)c(CCc4ccc(OC(F)(F)F)c(F)c4)ccc3c2)cc1. The molecule has 6 heteroatoms. The Kier molecular flexibility index (Phi) is 9.82. The third kappa shape index (κ3) is 8.32. The van der Waals surface area contributed by atoms with Crippen LogP contribution in [0.15, 0.2) is 72.8 Å². The van der Waals surface area contributed by atoms with E-state index in [0.717, 1.165) is 29.7 Å². The zero-order valence-electron chi connectivity index (χ0n) is 22.4.